The highest BCUT2D eigenvalue weighted by Gasteiger charge is 2.14. The van der Waals surface area contributed by atoms with Crippen molar-refractivity contribution in [1.82, 2.24) is 4.98 Å². The largest absolute Gasteiger partial charge is 0.388 e. The number of pyridine rings is 1. The zero-order valence-electron chi connectivity index (χ0n) is 10.6. The molecule has 1 heterocycles. The average Bonchev–Trinajstić information content (AvgIpc) is 2.42. The van der Waals surface area contributed by atoms with Crippen LogP contribution in [0.5, 0.6) is 0 Å². The van der Waals surface area contributed by atoms with Gasteiger partial charge in [-0.3, -0.25) is 4.98 Å². The van der Waals surface area contributed by atoms with Gasteiger partial charge in [0.05, 0.1) is 6.10 Å². The van der Waals surface area contributed by atoms with Crippen LogP contribution in [0, 0.1) is 5.82 Å². The van der Waals surface area contributed by atoms with Crippen LogP contribution in [0.15, 0.2) is 36.7 Å². The van der Waals surface area contributed by atoms with Crippen molar-refractivity contribution in [2.24, 2.45) is 0 Å². The second-order valence-electron chi connectivity index (χ2n) is 4.38. The van der Waals surface area contributed by atoms with E-state index in [1.807, 2.05) is 6.92 Å². The van der Waals surface area contributed by atoms with E-state index in [0.29, 0.717) is 10.6 Å². The zero-order valence-corrected chi connectivity index (χ0v) is 11.4. The number of aromatic nitrogens is 1. The molecule has 1 aromatic heterocycles. The van der Waals surface area contributed by atoms with Gasteiger partial charge in [-0.2, -0.15) is 0 Å². The number of rotatable bonds is 4. The summed E-state index contributed by atoms with van der Waals surface area (Å²) in [6.07, 6.45) is 3.58. The van der Waals surface area contributed by atoms with E-state index in [-0.39, 0.29) is 12.2 Å². The second kappa shape index (κ2) is 6.13. The van der Waals surface area contributed by atoms with Crippen LogP contribution < -0.4 is 0 Å². The molecule has 0 saturated carbocycles. The molecule has 0 spiro atoms. The molecule has 19 heavy (non-hydrogen) atoms. The van der Waals surface area contributed by atoms with E-state index in [4.69, 9.17) is 11.6 Å². The van der Waals surface area contributed by atoms with Crippen molar-refractivity contribution in [1.29, 1.82) is 0 Å². The number of hydrogen-bond donors (Lipinski definition) is 1. The van der Waals surface area contributed by atoms with Gasteiger partial charge in [0, 0.05) is 23.8 Å². The van der Waals surface area contributed by atoms with Crippen molar-refractivity contribution in [3.63, 3.8) is 0 Å². The van der Waals surface area contributed by atoms with Crippen LogP contribution in [0.4, 0.5) is 4.39 Å². The minimum Gasteiger partial charge on any atom is -0.388 e. The smallest absolute Gasteiger partial charge is 0.126 e. The monoisotopic (exact) mass is 279 g/mol. The van der Waals surface area contributed by atoms with Crippen molar-refractivity contribution in [2.75, 3.05) is 0 Å². The Morgan fingerprint density at radius 2 is 2.11 bits per heavy atom. The molecular formula is C15H15ClFNO. The molecule has 2 aromatic rings. The van der Waals surface area contributed by atoms with Gasteiger partial charge >= 0.3 is 0 Å². The van der Waals surface area contributed by atoms with Crippen molar-refractivity contribution >= 4 is 11.6 Å². The molecule has 0 saturated heterocycles. The van der Waals surface area contributed by atoms with E-state index in [9.17, 15) is 9.50 Å². The van der Waals surface area contributed by atoms with E-state index in [0.717, 1.165) is 17.5 Å². The van der Waals surface area contributed by atoms with Crippen LogP contribution in [0.1, 0.15) is 29.7 Å². The fraction of sp³-hybridized carbons (Fsp3) is 0.267. The molecule has 1 aromatic carbocycles. The summed E-state index contributed by atoms with van der Waals surface area (Å²) in [6, 6.07) is 6.13. The van der Waals surface area contributed by atoms with Gasteiger partial charge in [0.2, 0.25) is 0 Å². The Hall–Kier alpha value is -1.45. The summed E-state index contributed by atoms with van der Waals surface area (Å²) < 4.78 is 13.6. The van der Waals surface area contributed by atoms with Gasteiger partial charge in [0.1, 0.15) is 5.82 Å². The normalized spacial score (nSPS) is 12.4. The number of hydrogen-bond acceptors (Lipinski definition) is 2. The number of benzene rings is 1. The molecular weight excluding hydrogens is 265 g/mol. The average molecular weight is 280 g/mol. The first-order valence-electron chi connectivity index (χ1n) is 6.16. The van der Waals surface area contributed by atoms with Crippen molar-refractivity contribution < 1.29 is 9.50 Å². The van der Waals surface area contributed by atoms with Crippen LogP contribution in [0.25, 0.3) is 0 Å². The number of halogens is 2. The van der Waals surface area contributed by atoms with Crippen molar-refractivity contribution in [2.45, 2.75) is 25.9 Å². The van der Waals surface area contributed by atoms with Gasteiger partial charge < -0.3 is 5.11 Å². The molecule has 100 valence electrons. The fourth-order valence-corrected chi connectivity index (χ4v) is 2.27. The lowest BCUT2D eigenvalue weighted by Gasteiger charge is -2.15. The standard InChI is InChI=1S/C15H15ClFNO/c1-2-10-9-18-6-5-13(10)15(19)8-11-7-12(16)3-4-14(11)17/h3-7,9,15,19H,2,8H2,1H3. The number of aliphatic hydroxyl groups is 1. The summed E-state index contributed by atoms with van der Waals surface area (Å²) in [4.78, 5) is 4.03. The zero-order chi connectivity index (χ0) is 13.8. The predicted octanol–water partition coefficient (Wildman–Crippen LogP) is 3.71. The maximum absolute atomic E-state index is 13.6. The summed E-state index contributed by atoms with van der Waals surface area (Å²) in [5, 5.41) is 10.7. The van der Waals surface area contributed by atoms with Gasteiger partial charge in [-0.05, 0) is 47.4 Å². The van der Waals surface area contributed by atoms with Crippen molar-refractivity contribution in [3.05, 3.63) is 64.2 Å². The highest BCUT2D eigenvalue weighted by atomic mass is 35.5. The maximum Gasteiger partial charge on any atom is 0.126 e. The summed E-state index contributed by atoms with van der Waals surface area (Å²) in [6.45, 7) is 1.99. The Bertz CT molecular complexity index is 574. The summed E-state index contributed by atoms with van der Waals surface area (Å²) in [7, 11) is 0. The van der Waals surface area contributed by atoms with E-state index >= 15 is 0 Å². The van der Waals surface area contributed by atoms with E-state index < -0.39 is 6.10 Å². The minimum absolute atomic E-state index is 0.198. The molecule has 0 aliphatic rings. The lowest BCUT2D eigenvalue weighted by Crippen LogP contribution is -2.07. The van der Waals surface area contributed by atoms with Crippen LogP contribution in [-0.4, -0.2) is 10.1 Å². The molecule has 0 amide bonds. The first-order valence-corrected chi connectivity index (χ1v) is 6.54. The molecule has 1 atom stereocenters. The second-order valence-corrected chi connectivity index (χ2v) is 4.82. The fourth-order valence-electron chi connectivity index (χ4n) is 2.08. The van der Waals surface area contributed by atoms with Gasteiger partial charge in [-0.1, -0.05) is 18.5 Å². The molecule has 0 fully saturated rings. The van der Waals surface area contributed by atoms with Crippen molar-refractivity contribution in [3.8, 4) is 0 Å². The molecule has 1 unspecified atom stereocenters. The van der Waals surface area contributed by atoms with Crippen LogP contribution in [0.3, 0.4) is 0 Å². The number of nitrogens with zero attached hydrogens (tertiary/aromatic N) is 1. The Balaban J connectivity index is 2.25. The van der Waals surface area contributed by atoms with Crippen LogP contribution in [0.2, 0.25) is 5.02 Å². The lowest BCUT2D eigenvalue weighted by atomic mass is 9.97. The third-order valence-corrected chi connectivity index (χ3v) is 3.34. The summed E-state index contributed by atoms with van der Waals surface area (Å²) in [5.74, 6) is -0.351. The highest BCUT2D eigenvalue weighted by Crippen LogP contribution is 2.24. The first-order chi connectivity index (χ1) is 9.11. The third-order valence-electron chi connectivity index (χ3n) is 3.10. The Kier molecular flexibility index (Phi) is 4.51. The van der Waals surface area contributed by atoms with E-state index in [1.165, 1.54) is 12.1 Å². The maximum atomic E-state index is 13.6. The van der Waals surface area contributed by atoms with Gasteiger partial charge in [-0.25, -0.2) is 4.39 Å². The Morgan fingerprint density at radius 3 is 2.84 bits per heavy atom. The van der Waals surface area contributed by atoms with E-state index in [2.05, 4.69) is 4.98 Å². The minimum atomic E-state index is -0.758. The summed E-state index contributed by atoms with van der Waals surface area (Å²) >= 11 is 5.85. The summed E-state index contributed by atoms with van der Waals surface area (Å²) in [5.41, 5.74) is 2.17. The molecule has 0 aliphatic carbocycles. The Morgan fingerprint density at radius 1 is 1.32 bits per heavy atom. The SMILES string of the molecule is CCc1cnccc1C(O)Cc1cc(Cl)ccc1F. The highest BCUT2D eigenvalue weighted by molar-refractivity contribution is 6.30. The molecule has 2 nitrogen and oxygen atoms in total. The van der Waals surface area contributed by atoms with Gasteiger partial charge in [-0.15, -0.1) is 0 Å². The number of aliphatic hydroxyl groups excluding tert-OH is 1. The van der Waals surface area contributed by atoms with Crippen LogP contribution >= 0.6 is 11.6 Å². The quantitative estimate of drug-likeness (QED) is 0.925. The number of aryl methyl sites for hydroxylation is 1. The van der Waals surface area contributed by atoms with Crippen LogP contribution in [-0.2, 0) is 12.8 Å². The predicted molar refractivity (Wildman–Crippen MR) is 73.7 cm³/mol. The van der Waals surface area contributed by atoms with Gasteiger partial charge in [0.15, 0.2) is 0 Å². The molecule has 0 aliphatic heterocycles. The molecule has 4 heteroatoms. The molecule has 0 radical (unpaired) electrons. The first kappa shape index (κ1) is 14.0. The molecule has 0 bridgehead atoms. The third kappa shape index (κ3) is 3.31. The Labute approximate surface area is 116 Å². The lowest BCUT2D eigenvalue weighted by molar-refractivity contribution is 0.176. The molecule has 2 rings (SSSR count). The van der Waals surface area contributed by atoms with E-state index in [1.54, 1.807) is 24.5 Å². The topological polar surface area (TPSA) is 33.1 Å². The van der Waals surface area contributed by atoms with Gasteiger partial charge in [0.25, 0.3) is 0 Å². The molecule has 1 N–H and O–H groups in total.